The molecule has 3 aliphatic rings. The molecule has 2 bridgehead atoms. The molecule has 0 aromatic rings. The highest BCUT2D eigenvalue weighted by Crippen LogP contribution is 2.45. The molecule has 1 aliphatic carbocycles. The first kappa shape index (κ1) is 22.8. The number of ether oxygens (including phenoxy) is 2. The Hall–Kier alpha value is -0.910. The number of hydrogen-bond donors (Lipinski definition) is 2. The van der Waals surface area contributed by atoms with E-state index in [2.05, 4.69) is 12.2 Å². The molecule has 5 atom stereocenters. The van der Waals surface area contributed by atoms with E-state index in [1.54, 1.807) is 0 Å². The van der Waals surface area contributed by atoms with Crippen molar-refractivity contribution in [2.45, 2.75) is 102 Å². The van der Waals surface area contributed by atoms with Crippen molar-refractivity contribution in [3.63, 3.8) is 0 Å². The van der Waals surface area contributed by atoms with Gasteiger partial charge in [-0.1, -0.05) is 44.3 Å². The number of carboxylic acids is 1. The maximum Gasteiger partial charge on any atom is 0.303 e. The standard InChI is InChI=1S/C24H40O5/c25-21(18-8-5-6-9-18)12-11-19-20(23-14-13-22(19)29-23)15-17-28-16-7-3-1-2-4-10-24(26)27/h11-12,18-23,25H,1-10,13-17H2,(H,26,27)/b12-11+/t19-,20+,21?,22-,23+/m0/s1. The maximum atomic E-state index is 10.5. The second kappa shape index (κ2) is 12.1. The molecule has 0 amide bonds. The fourth-order valence-electron chi connectivity index (χ4n) is 5.49. The van der Waals surface area contributed by atoms with Gasteiger partial charge in [-0.2, -0.15) is 0 Å². The molecule has 0 aromatic heterocycles. The second-order valence-corrected chi connectivity index (χ2v) is 9.26. The van der Waals surface area contributed by atoms with Crippen molar-refractivity contribution < 1.29 is 24.5 Å². The first-order valence-corrected chi connectivity index (χ1v) is 12.0. The number of unbranched alkanes of at least 4 members (excludes halogenated alkanes) is 4. The summed E-state index contributed by atoms with van der Waals surface area (Å²) < 4.78 is 12.1. The molecule has 2 saturated heterocycles. The SMILES string of the molecule is O=C(O)CCCCCCCOCC[C@@H]1[C@H](/C=C/C(O)C2CCCC2)[C@@H]2CC[C@H]1O2. The molecule has 166 valence electrons. The number of aliphatic hydroxyl groups is 1. The van der Waals surface area contributed by atoms with Gasteiger partial charge in [-0.15, -0.1) is 0 Å². The predicted molar refractivity (Wildman–Crippen MR) is 113 cm³/mol. The fraction of sp³-hybridized carbons (Fsp3) is 0.875. The van der Waals surface area contributed by atoms with E-state index in [0.717, 1.165) is 71.0 Å². The Morgan fingerprint density at radius 3 is 2.52 bits per heavy atom. The lowest BCUT2D eigenvalue weighted by Crippen LogP contribution is -2.27. The van der Waals surface area contributed by atoms with Gasteiger partial charge in [0, 0.05) is 25.6 Å². The molecule has 0 spiro atoms. The number of aliphatic carboxylic acids is 1. The first-order valence-electron chi connectivity index (χ1n) is 12.0. The highest BCUT2D eigenvalue weighted by atomic mass is 16.5. The number of rotatable bonds is 14. The molecule has 1 unspecified atom stereocenters. The Kier molecular flexibility index (Phi) is 9.47. The Bertz CT molecular complexity index is 513. The van der Waals surface area contributed by atoms with Gasteiger partial charge in [0.05, 0.1) is 18.3 Å². The molecule has 0 radical (unpaired) electrons. The zero-order valence-electron chi connectivity index (χ0n) is 17.8. The van der Waals surface area contributed by atoms with Crippen molar-refractivity contribution in [3.05, 3.63) is 12.2 Å². The largest absolute Gasteiger partial charge is 0.481 e. The lowest BCUT2D eigenvalue weighted by Gasteiger charge is -2.26. The minimum Gasteiger partial charge on any atom is -0.481 e. The molecule has 2 N–H and O–H groups in total. The van der Waals surface area contributed by atoms with Crippen molar-refractivity contribution in [2.24, 2.45) is 17.8 Å². The molecular formula is C24H40O5. The van der Waals surface area contributed by atoms with Gasteiger partial charge < -0.3 is 19.7 Å². The number of carbonyl (C=O) groups is 1. The maximum absolute atomic E-state index is 10.5. The van der Waals surface area contributed by atoms with Crippen molar-refractivity contribution in [3.8, 4) is 0 Å². The average Bonchev–Trinajstić information content (AvgIpc) is 3.45. The number of hydrogen-bond acceptors (Lipinski definition) is 4. The van der Waals surface area contributed by atoms with Crippen LogP contribution in [-0.2, 0) is 14.3 Å². The predicted octanol–water partition coefficient (Wildman–Crippen LogP) is 4.72. The summed E-state index contributed by atoms with van der Waals surface area (Å²) >= 11 is 0. The third-order valence-corrected chi connectivity index (χ3v) is 7.17. The van der Waals surface area contributed by atoms with Crippen LogP contribution in [0.3, 0.4) is 0 Å². The summed E-state index contributed by atoms with van der Waals surface area (Å²) in [5, 5.41) is 19.1. The third kappa shape index (κ3) is 7.08. The minimum absolute atomic E-state index is 0.287. The van der Waals surface area contributed by atoms with Crippen molar-refractivity contribution in [2.75, 3.05) is 13.2 Å². The first-order chi connectivity index (χ1) is 14.1. The Morgan fingerprint density at radius 1 is 1.00 bits per heavy atom. The summed E-state index contributed by atoms with van der Waals surface area (Å²) in [7, 11) is 0. The van der Waals surface area contributed by atoms with Crippen LogP contribution in [0.5, 0.6) is 0 Å². The smallest absolute Gasteiger partial charge is 0.303 e. The van der Waals surface area contributed by atoms with E-state index in [1.165, 1.54) is 19.3 Å². The number of fused-ring (bicyclic) bond motifs is 2. The van der Waals surface area contributed by atoms with Crippen LogP contribution >= 0.6 is 0 Å². The third-order valence-electron chi connectivity index (χ3n) is 7.17. The van der Waals surface area contributed by atoms with E-state index >= 15 is 0 Å². The molecule has 1 saturated carbocycles. The number of aliphatic hydroxyl groups excluding tert-OH is 1. The van der Waals surface area contributed by atoms with Gasteiger partial charge in [-0.3, -0.25) is 4.79 Å². The molecule has 2 aliphatic heterocycles. The van der Waals surface area contributed by atoms with Crippen LogP contribution in [0.2, 0.25) is 0 Å². The van der Waals surface area contributed by atoms with Gasteiger partial charge in [0.1, 0.15) is 0 Å². The van der Waals surface area contributed by atoms with Crippen LogP contribution in [0.25, 0.3) is 0 Å². The Labute approximate surface area is 175 Å². The van der Waals surface area contributed by atoms with Crippen LogP contribution in [0.15, 0.2) is 12.2 Å². The molecule has 0 aromatic carbocycles. The van der Waals surface area contributed by atoms with Gasteiger partial charge in [0.25, 0.3) is 0 Å². The van der Waals surface area contributed by atoms with Gasteiger partial charge in [-0.25, -0.2) is 0 Å². The summed E-state index contributed by atoms with van der Waals surface area (Å²) in [6, 6.07) is 0. The molecule has 2 heterocycles. The monoisotopic (exact) mass is 408 g/mol. The van der Waals surface area contributed by atoms with E-state index in [9.17, 15) is 9.90 Å². The topological polar surface area (TPSA) is 76.0 Å². The van der Waals surface area contributed by atoms with Gasteiger partial charge in [0.15, 0.2) is 0 Å². The lowest BCUT2D eigenvalue weighted by molar-refractivity contribution is -0.137. The quantitative estimate of drug-likeness (QED) is 0.321. The average molecular weight is 409 g/mol. The highest BCUT2D eigenvalue weighted by Gasteiger charge is 2.47. The van der Waals surface area contributed by atoms with Gasteiger partial charge >= 0.3 is 5.97 Å². The van der Waals surface area contributed by atoms with Crippen molar-refractivity contribution >= 4 is 5.97 Å². The molecule has 5 nitrogen and oxygen atoms in total. The molecule has 29 heavy (non-hydrogen) atoms. The van der Waals surface area contributed by atoms with E-state index in [1.807, 2.05) is 0 Å². The van der Waals surface area contributed by atoms with E-state index in [4.69, 9.17) is 14.6 Å². The normalized spacial score (nSPS) is 30.5. The lowest BCUT2D eigenvalue weighted by atomic mass is 9.77. The van der Waals surface area contributed by atoms with Crippen LogP contribution in [0, 0.1) is 17.8 Å². The van der Waals surface area contributed by atoms with Crippen LogP contribution in [-0.4, -0.2) is 47.7 Å². The molecule has 3 fully saturated rings. The van der Waals surface area contributed by atoms with Crippen LogP contribution in [0.4, 0.5) is 0 Å². The summed E-state index contributed by atoms with van der Waals surface area (Å²) in [4.78, 5) is 10.5. The highest BCUT2D eigenvalue weighted by molar-refractivity contribution is 5.66. The molecule has 3 rings (SSSR count). The second-order valence-electron chi connectivity index (χ2n) is 9.26. The van der Waals surface area contributed by atoms with Crippen LogP contribution < -0.4 is 0 Å². The summed E-state index contributed by atoms with van der Waals surface area (Å²) in [6.07, 6.45) is 18.3. The van der Waals surface area contributed by atoms with Gasteiger partial charge in [-0.05, 0) is 56.8 Å². The van der Waals surface area contributed by atoms with Gasteiger partial charge in [0.2, 0.25) is 0 Å². The zero-order valence-corrected chi connectivity index (χ0v) is 17.8. The summed E-state index contributed by atoms with van der Waals surface area (Å²) in [6.45, 7) is 1.58. The Balaban J connectivity index is 1.29. The number of carboxylic acid groups (broad SMARTS) is 1. The van der Waals surface area contributed by atoms with E-state index in [0.29, 0.717) is 30.0 Å². The zero-order chi connectivity index (χ0) is 20.5. The van der Waals surface area contributed by atoms with Crippen molar-refractivity contribution in [1.82, 2.24) is 0 Å². The molecule has 5 heteroatoms. The van der Waals surface area contributed by atoms with Crippen LogP contribution in [0.1, 0.15) is 83.5 Å². The summed E-state index contributed by atoms with van der Waals surface area (Å²) in [5.41, 5.74) is 0. The molecular weight excluding hydrogens is 368 g/mol. The minimum atomic E-state index is -0.695. The summed E-state index contributed by atoms with van der Waals surface area (Å²) in [5.74, 6) is 0.718. The van der Waals surface area contributed by atoms with Crippen molar-refractivity contribution in [1.29, 1.82) is 0 Å². The Morgan fingerprint density at radius 2 is 1.72 bits per heavy atom. The fourth-order valence-corrected chi connectivity index (χ4v) is 5.49. The van der Waals surface area contributed by atoms with E-state index < -0.39 is 5.97 Å². The van der Waals surface area contributed by atoms with E-state index in [-0.39, 0.29) is 12.5 Å².